The highest BCUT2D eigenvalue weighted by Crippen LogP contribution is 2.21. The number of hydrogen-bond donors (Lipinski definition) is 1. The van der Waals surface area contributed by atoms with Gasteiger partial charge in [-0.25, -0.2) is 0 Å². The van der Waals surface area contributed by atoms with Gasteiger partial charge in [-0.1, -0.05) is 48.9 Å². The van der Waals surface area contributed by atoms with Crippen LogP contribution in [0.2, 0.25) is 10.0 Å². The normalized spacial score (nSPS) is 17.7. The molecule has 0 unspecified atom stereocenters. The van der Waals surface area contributed by atoms with Crippen LogP contribution in [0.4, 0.5) is 0 Å². The van der Waals surface area contributed by atoms with Crippen molar-refractivity contribution in [3.63, 3.8) is 0 Å². The lowest BCUT2D eigenvalue weighted by Crippen LogP contribution is -2.30. The van der Waals surface area contributed by atoms with Crippen molar-refractivity contribution >= 4 is 23.2 Å². The number of nitrogens with one attached hydrogen (secondary N) is 1. The minimum Gasteiger partial charge on any atom is -0.314 e. The van der Waals surface area contributed by atoms with E-state index in [9.17, 15) is 0 Å². The molecule has 18 heavy (non-hydrogen) atoms. The number of hydrogen-bond acceptors (Lipinski definition) is 1. The van der Waals surface area contributed by atoms with E-state index in [4.69, 9.17) is 23.2 Å². The predicted octanol–water partition coefficient (Wildman–Crippen LogP) is 4.85. The van der Waals surface area contributed by atoms with Crippen molar-refractivity contribution < 1.29 is 0 Å². The maximum absolute atomic E-state index is 6.16. The van der Waals surface area contributed by atoms with Crippen LogP contribution in [0.5, 0.6) is 0 Å². The minimum atomic E-state index is 0.699. The zero-order valence-electron chi connectivity index (χ0n) is 10.7. The van der Waals surface area contributed by atoms with Crippen molar-refractivity contribution in [1.82, 2.24) is 5.32 Å². The molecule has 1 nitrogen and oxygen atoms in total. The van der Waals surface area contributed by atoms with Crippen LogP contribution in [0, 0.1) is 0 Å². The molecule has 1 aromatic carbocycles. The summed E-state index contributed by atoms with van der Waals surface area (Å²) in [5, 5.41) is 5.24. The van der Waals surface area contributed by atoms with Gasteiger partial charge in [0.2, 0.25) is 0 Å². The first kappa shape index (κ1) is 14.2. The van der Waals surface area contributed by atoms with E-state index in [2.05, 4.69) is 5.32 Å². The van der Waals surface area contributed by atoms with Crippen LogP contribution in [-0.2, 0) is 6.42 Å². The first-order valence-corrected chi connectivity index (χ1v) is 7.68. The molecule has 0 aromatic heterocycles. The third-order valence-electron chi connectivity index (χ3n) is 3.69. The van der Waals surface area contributed by atoms with E-state index in [0.717, 1.165) is 28.6 Å². The second-order valence-electron chi connectivity index (χ2n) is 5.13. The van der Waals surface area contributed by atoms with Crippen molar-refractivity contribution in [3.8, 4) is 0 Å². The van der Waals surface area contributed by atoms with Crippen LogP contribution >= 0.6 is 23.2 Å². The highest BCUT2D eigenvalue weighted by molar-refractivity contribution is 6.33. The van der Waals surface area contributed by atoms with Gasteiger partial charge in [-0.2, -0.15) is 0 Å². The van der Waals surface area contributed by atoms with Crippen LogP contribution in [-0.4, -0.2) is 12.6 Å². The van der Waals surface area contributed by atoms with E-state index in [-0.39, 0.29) is 0 Å². The molecular formula is C15H21Cl2N. The molecule has 0 heterocycles. The second kappa shape index (κ2) is 7.37. The van der Waals surface area contributed by atoms with Crippen molar-refractivity contribution in [2.45, 2.75) is 51.0 Å². The molecule has 100 valence electrons. The second-order valence-corrected chi connectivity index (χ2v) is 5.97. The molecule has 1 N–H and O–H groups in total. The Bertz CT molecular complexity index is 371. The summed E-state index contributed by atoms with van der Waals surface area (Å²) < 4.78 is 0. The third kappa shape index (κ3) is 4.46. The molecule has 0 bridgehead atoms. The molecule has 1 aromatic rings. The monoisotopic (exact) mass is 285 g/mol. The van der Waals surface area contributed by atoms with Crippen LogP contribution in [0.15, 0.2) is 18.2 Å². The maximum atomic E-state index is 6.16. The molecule has 1 saturated carbocycles. The van der Waals surface area contributed by atoms with Crippen LogP contribution < -0.4 is 5.32 Å². The Morgan fingerprint density at radius 3 is 2.50 bits per heavy atom. The quantitative estimate of drug-likeness (QED) is 0.780. The molecule has 1 fully saturated rings. The van der Waals surface area contributed by atoms with Gasteiger partial charge in [0.05, 0.1) is 0 Å². The van der Waals surface area contributed by atoms with Crippen LogP contribution in [0.1, 0.15) is 44.1 Å². The number of halogens is 2. The lowest BCUT2D eigenvalue weighted by Gasteiger charge is -2.16. The van der Waals surface area contributed by atoms with Crippen molar-refractivity contribution in [3.05, 3.63) is 33.8 Å². The van der Waals surface area contributed by atoms with Gasteiger partial charge in [-0.05, 0) is 49.6 Å². The molecule has 0 amide bonds. The fourth-order valence-electron chi connectivity index (χ4n) is 2.63. The molecule has 1 aliphatic rings. The van der Waals surface area contributed by atoms with Crippen molar-refractivity contribution in [1.29, 1.82) is 0 Å². The molecule has 3 heteroatoms. The standard InChI is InChI=1S/C15H21Cl2N/c16-13-7-8-15(17)12(11-13)9-10-18-14-5-3-1-2-4-6-14/h7-8,11,14,18H,1-6,9-10H2. The average molecular weight is 286 g/mol. The van der Waals surface area contributed by atoms with Gasteiger partial charge < -0.3 is 5.32 Å². The fraction of sp³-hybridized carbons (Fsp3) is 0.600. The molecule has 0 spiro atoms. The van der Waals surface area contributed by atoms with Gasteiger partial charge >= 0.3 is 0 Å². The summed E-state index contributed by atoms with van der Waals surface area (Å²) in [5.74, 6) is 0. The van der Waals surface area contributed by atoms with Gasteiger partial charge in [-0.15, -0.1) is 0 Å². The Kier molecular flexibility index (Phi) is 5.81. The third-order valence-corrected chi connectivity index (χ3v) is 4.29. The Morgan fingerprint density at radius 2 is 1.78 bits per heavy atom. The van der Waals surface area contributed by atoms with Crippen molar-refractivity contribution in [2.75, 3.05) is 6.54 Å². The van der Waals surface area contributed by atoms with Gasteiger partial charge in [0.1, 0.15) is 0 Å². The van der Waals surface area contributed by atoms with E-state index >= 15 is 0 Å². The largest absolute Gasteiger partial charge is 0.314 e. The fourth-order valence-corrected chi connectivity index (χ4v) is 3.04. The molecule has 0 radical (unpaired) electrons. The lowest BCUT2D eigenvalue weighted by molar-refractivity contribution is 0.463. The smallest absolute Gasteiger partial charge is 0.0439 e. The first-order chi connectivity index (χ1) is 8.75. The van der Waals surface area contributed by atoms with E-state index in [1.54, 1.807) is 0 Å². The highest BCUT2D eigenvalue weighted by atomic mass is 35.5. The van der Waals surface area contributed by atoms with Gasteiger partial charge in [0.15, 0.2) is 0 Å². The van der Waals surface area contributed by atoms with E-state index in [0.29, 0.717) is 6.04 Å². The SMILES string of the molecule is Clc1ccc(Cl)c(CCNC2CCCCCC2)c1. The average Bonchev–Trinajstić information content (AvgIpc) is 2.62. The Morgan fingerprint density at radius 1 is 1.06 bits per heavy atom. The summed E-state index contributed by atoms with van der Waals surface area (Å²) in [6, 6.07) is 6.39. The van der Waals surface area contributed by atoms with E-state index < -0.39 is 0 Å². The summed E-state index contributed by atoms with van der Waals surface area (Å²) >= 11 is 12.1. The summed E-state index contributed by atoms with van der Waals surface area (Å²) in [6.07, 6.45) is 9.14. The first-order valence-electron chi connectivity index (χ1n) is 6.93. The topological polar surface area (TPSA) is 12.0 Å². The van der Waals surface area contributed by atoms with Crippen LogP contribution in [0.3, 0.4) is 0 Å². The Balaban J connectivity index is 1.78. The van der Waals surface area contributed by atoms with E-state index in [1.807, 2.05) is 18.2 Å². The number of benzene rings is 1. The molecular weight excluding hydrogens is 265 g/mol. The Labute approximate surface area is 120 Å². The molecule has 2 rings (SSSR count). The van der Waals surface area contributed by atoms with Crippen molar-refractivity contribution in [2.24, 2.45) is 0 Å². The summed E-state index contributed by atoms with van der Waals surface area (Å²) in [5.41, 5.74) is 1.14. The van der Waals surface area contributed by atoms with E-state index in [1.165, 1.54) is 38.5 Å². The molecule has 0 saturated heterocycles. The van der Waals surface area contributed by atoms with Gasteiger partial charge in [0, 0.05) is 16.1 Å². The van der Waals surface area contributed by atoms with Gasteiger partial charge in [-0.3, -0.25) is 0 Å². The highest BCUT2D eigenvalue weighted by Gasteiger charge is 2.11. The summed E-state index contributed by atoms with van der Waals surface area (Å²) in [6.45, 7) is 0.991. The minimum absolute atomic E-state index is 0.699. The van der Waals surface area contributed by atoms with Crippen LogP contribution in [0.25, 0.3) is 0 Å². The lowest BCUT2D eigenvalue weighted by atomic mass is 10.1. The predicted molar refractivity (Wildman–Crippen MR) is 79.7 cm³/mol. The maximum Gasteiger partial charge on any atom is 0.0439 e. The molecule has 0 atom stereocenters. The molecule has 0 aliphatic heterocycles. The summed E-state index contributed by atoms with van der Waals surface area (Å²) in [7, 11) is 0. The number of rotatable bonds is 4. The zero-order valence-corrected chi connectivity index (χ0v) is 12.2. The molecule has 1 aliphatic carbocycles. The summed E-state index contributed by atoms with van der Waals surface area (Å²) in [4.78, 5) is 0. The Hall–Kier alpha value is -0.240. The zero-order chi connectivity index (χ0) is 12.8. The van der Waals surface area contributed by atoms with Gasteiger partial charge in [0.25, 0.3) is 0 Å².